The third-order valence-corrected chi connectivity index (χ3v) is 2.57. The van der Waals surface area contributed by atoms with Crippen molar-refractivity contribution in [3.63, 3.8) is 0 Å². The van der Waals surface area contributed by atoms with E-state index in [2.05, 4.69) is 5.32 Å². The van der Waals surface area contributed by atoms with Gasteiger partial charge in [-0.25, -0.2) is 0 Å². The number of amides is 2. The van der Waals surface area contributed by atoms with Crippen LogP contribution in [0.3, 0.4) is 0 Å². The maximum Gasteiger partial charge on any atom is 0.261 e. The van der Waals surface area contributed by atoms with E-state index >= 15 is 0 Å². The summed E-state index contributed by atoms with van der Waals surface area (Å²) in [6, 6.07) is 3.52. The smallest absolute Gasteiger partial charge is 0.261 e. The highest BCUT2D eigenvalue weighted by atomic mass is 32.1. The van der Waals surface area contributed by atoms with E-state index in [1.165, 1.54) is 17.5 Å². The monoisotopic (exact) mass is 223 g/mol. The van der Waals surface area contributed by atoms with Crippen LogP contribution in [-0.2, 0) is 4.79 Å². The van der Waals surface area contributed by atoms with Gasteiger partial charge in [0.05, 0.1) is 11.4 Å². The number of hydrogen-bond acceptors (Lipinski definition) is 4. The van der Waals surface area contributed by atoms with Gasteiger partial charge < -0.3 is 5.32 Å². The lowest BCUT2D eigenvalue weighted by atomic mass is 10.4. The van der Waals surface area contributed by atoms with E-state index in [0.717, 1.165) is 4.88 Å². The van der Waals surface area contributed by atoms with E-state index in [1.807, 2.05) is 18.3 Å². The van der Waals surface area contributed by atoms with Crippen LogP contribution in [0.4, 0.5) is 0 Å². The Bertz CT molecular complexity index is 419. The predicted molar refractivity (Wildman–Crippen MR) is 55.1 cm³/mol. The average Bonchev–Trinajstić information content (AvgIpc) is 2.62. The van der Waals surface area contributed by atoms with Gasteiger partial charge in [-0.15, -0.1) is 11.3 Å². The van der Waals surface area contributed by atoms with Crippen LogP contribution in [0.5, 0.6) is 0 Å². The average molecular weight is 223 g/mol. The minimum atomic E-state index is -0.529. The van der Waals surface area contributed by atoms with Gasteiger partial charge in [-0.1, -0.05) is 0 Å². The van der Waals surface area contributed by atoms with Crippen molar-refractivity contribution >= 4 is 23.2 Å². The van der Waals surface area contributed by atoms with E-state index in [4.69, 9.17) is 5.26 Å². The zero-order chi connectivity index (χ0) is 11.3. The maximum absolute atomic E-state index is 11.4. The molecule has 0 aromatic carbocycles. The second kappa shape index (κ2) is 5.12. The third-order valence-electron chi connectivity index (χ3n) is 1.57. The predicted octanol–water partition coefficient (Wildman–Crippen LogP) is 0.384. The fourth-order valence-electron chi connectivity index (χ4n) is 0.911. The van der Waals surface area contributed by atoms with Crippen molar-refractivity contribution in [1.29, 1.82) is 5.26 Å². The summed E-state index contributed by atoms with van der Waals surface area (Å²) in [4.78, 5) is 23.8. The lowest BCUT2D eigenvalue weighted by molar-refractivity contribution is -0.119. The summed E-state index contributed by atoms with van der Waals surface area (Å²) in [5.74, 6) is -0.833. The molecule has 0 saturated carbocycles. The summed E-state index contributed by atoms with van der Waals surface area (Å²) < 4.78 is 0. The molecular weight excluding hydrogens is 214 g/mol. The van der Waals surface area contributed by atoms with Crippen molar-refractivity contribution in [2.24, 2.45) is 0 Å². The Balaban J connectivity index is 2.44. The Labute approximate surface area is 90.7 Å². The molecule has 1 aromatic rings. The number of hydrogen-bond donors (Lipinski definition) is 2. The van der Waals surface area contributed by atoms with Gasteiger partial charge >= 0.3 is 0 Å². The van der Waals surface area contributed by atoms with Crippen LogP contribution in [0, 0.1) is 18.4 Å². The molecule has 0 aliphatic rings. The van der Waals surface area contributed by atoms with E-state index in [-0.39, 0.29) is 12.5 Å². The fourth-order valence-corrected chi connectivity index (χ4v) is 1.69. The van der Waals surface area contributed by atoms with E-state index in [1.54, 1.807) is 6.07 Å². The number of nitrogens with zero attached hydrogens (tertiary/aromatic N) is 1. The van der Waals surface area contributed by atoms with Crippen LogP contribution in [0.1, 0.15) is 14.5 Å². The molecule has 5 nitrogen and oxygen atoms in total. The summed E-state index contributed by atoms with van der Waals surface area (Å²) in [5, 5.41) is 12.4. The first-order chi connectivity index (χ1) is 7.13. The molecule has 0 aliphatic carbocycles. The molecule has 2 N–H and O–H groups in total. The summed E-state index contributed by atoms with van der Waals surface area (Å²) >= 11 is 1.35. The van der Waals surface area contributed by atoms with Crippen LogP contribution >= 0.6 is 11.3 Å². The maximum atomic E-state index is 11.4. The number of nitriles is 1. The molecule has 0 spiro atoms. The van der Waals surface area contributed by atoms with Crippen molar-refractivity contribution in [2.75, 3.05) is 6.54 Å². The minimum Gasteiger partial charge on any atom is -0.342 e. The number of thiophene rings is 1. The van der Waals surface area contributed by atoms with Crippen molar-refractivity contribution in [3.05, 3.63) is 21.9 Å². The van der Waals surface area contributed by atoms with Crippen molar-refractivity contribution in [3.8, 4) is 6.19 Å². The molecule has 0 saturated heterocycles. The van der Waals surface area contributed by atoms with Gasteiger partial charge in [-0.2, -0.15) is 5.26 Å². The zero-order valence-corrected chi connectivity index (χ0v) is 8.85. The molecule has 1 aromatic heterocycles. The molecule has 1 heterocycles. The molecule has 0 bridgehead atoms. The second-order valence-electron chi connectivity index (χ2n) is 2.75. The number of carbonyl (C=O) groups excluding carboxylic acids is 2. The lowest BCUT2D eigenvalue weighted by Gasteiger charge is -2.00. The SMILES string of the molecule is Cc1ccc(C(=O)NCC(=O)NC#N)s1. The molecule has 15 heavy (non-hydrogen) atoms. The Kier molecular flexibility index (Phi) is 3.83. The fraction of sp³-hybridized carbons (Fsp3) is 0.222. The number of nitrogens with one attached hydrogen (secondary N) is 2. The van der Waals surface area contributed by atoms with Gasteiger partial charge in [0.2, 0.25) is 0 Å². The lowest BCUT2D eigenvalue weighted by Crippen LogP contribution is -2.34. The Hall–Kier alpha value is -1.87. The van der Waals surface area contributed by atoms with Gasteiger partial charge in [-0.05, 0) is 19.1 Å². The largest absolute Gasteiger partial charge is 0.342 e. The number of carbonyl (C=O) groups is 2. The highest BCUT2D eigenvalue weighted by molar-refractivity contribution is 7.13. The van der Waals surface area contributed by atoms with Crippen LogP contribution < -0.4 is 10.6 Å². The first-order valence-electron chi connectivity index (χ1n) is 4.16. The Morgan fingerprint density at radius 2 is 2.27 bits per heavy atom. The first kappa shape index (κ1) is 11.2. The summed E-state index contributed by atoms with van der Waals surface area (Å²) in [7, 11) is 0. The zero-order valence-electron chi connectivity index (χ0n) is 8.03. The Morgan fingerprint density at radius 1 is 1.53 bits per heavy atom. The van der Waals surface area contributed by atoms with Crippen molar-refractivity contribution in [1.82, 2.24) is 10.6 Å². The molecule has 0 aliphatic heterocycles. The van der Waals surface area contributed by atoms with Gasteiger partial charge in [-0.3, -0.25) is 14.9 Å². The minimum absolute atomic E-state index is 0.191. The summed E-state index contributed by atoms with van der Waals surface area (Å²) in [5.41, 5.74) is 0. The van der Waals surface area contributed by atoms with Crippen molar-refractivity contribution < 1.29 is 9.59 Å². The molecule has 1 rings (SSSR count). The van der Waals surface area contributed by atoms with Crippen molar-refractivity contribution in [2.45, 2.75) is 6.92 Å². The third kappa shape index (κ3) is 3.40. The van der Waals surface area contributed by atoms with Crippen LogP contribution in [0.25, 0.3) is 0 Å². The molecule has 0 fully saturated rings. The highest BCUT2D eigenvalue weighted by Crippen LogP contribution is 2.14. The number of rotatable bonds is 3. The molecule has 0 radical (unpaired) electrons. The topological polar surface area (TPSA) is 82.0 Å². The second-order valence-corrected chi connectivity index (χ2v) is 4.04. The van der Waals surface area contributed by atoms with E-state index in [9.17, 15) is 9.59 Å². The molecular formula is C9H9N3O2S. The van der Waals surface area contributed by atoms with Gasteiger partial charge in [0.15, 0.2) is 6.19 Å². The first-order valence-corrected chi connectivity index (χ1v) is 4.97. The Morgan fingerprint density at radius 3 is 2.80 bits per heavy atom. The van der Waals surface area contributed by atoms with Gasteiger partial charge in [0.25, 0.3) is 11.8 Å². The van der Waals surface area contributed by atoms with E-state index < -0.39 is 5.91 Å². The standard InChI is InChI=1S/C9H9N3O2S/c1-6-2-3-7(15-6)9(14)11-4-8(13)12-5-10/h2-3H,4H2,1H3,(H,11,14)(H,12,13). The molecule has 78 valence electrons. The van der Waals surface area contributed by atoms with Crippen LogP contribution in [-0.4, -0.2) is 18.4 Å². The molecule has 0 atom stereocenters. The van der Waals surface area contributed by atoms with Gasteiger partial charge in [0, 0.05) is 4.88 Å². The van der Waals surface area contributed by atoms with E-state index in [0.29, 0.717) is 4.88 Å². The number of aryl methyl sites for hydroxylation is 1. The van der Waals surface area contributed by atoms with Gasteiger partial charge in [0.1, 0.15) is 0 Å². The summed E-state index contributed by atoms with van der Waals surface area (Å²) in [6.07, 6.45) is 1.49. The normalized spacial score (nSPS) is 9.07. The van der Waals surface area contributed by atoms with Crippen LogP contribution in [0.15, 0.2) is 12.1 Å². The molecule has 0 unspecified atom stereocenters. The highest BCUT2D eigenvalue weighted by Gasteiger charge is 2.08. The quantitative estimate of drug-likeness (QED) is 0.574. The summed E-state index contributed by atoms with van der Waals surface area (Å²) in [6.45, 7) is 1.70. The molecule has 6 heteroatoms. The molecule has 2 amide bonds. The van der Waals surface area contributed by atoms with Crippen LogP contribution in [0.2, 0.25) is 0 Å².